The minimum Gasteiger partial charge on any atom is -0.378 e. The van der Waals surface area contributed by atoms with Gasteiger partial charge < -0.3 is 4.74 Å². The Bertz CT molecular complexity index is 88.7. The molecule has 1 rings (SSSR count). The van der Waals surface area contributed by atoms with Gasteiger partial charge in [-0.05, 0) is 32.6 Å². The summed E-state index contributed by atoms with van der Waals surface area (Å²) in [7, 11) is 0. The number of hydrogen-bond acceptors (Lipinski definition) is 1. The molecule has 0 heterocycles. The van der Waals surface area contributed by atoms with E-state index in [1.54, 1.807) is 0 Å². The minimum atomic E-state index is 0.457. The molecule has 0 aliphatic heterocycles. The average molecular weight is 141 g/mol. The van der Waals surface area contributed by atoms with E-state index in [1.165, 1.54) is 25.7 Å². The lowest BCUT2D eigenvalue weighted by atomic mass is 9.88. The molecule has 1 fully saturated rings. The van der Waals surface area contributed by atoms with Crippen LogP contribution >= 0.6 is 0 Å². The van der Waals surface area contributed by atoms with Gasteiger partial charge in [0.05, 0.1) is 6.10 Å². The van der Waals surface area contributed by atoms with E-state index < -0.39 is 0 Å². The molecule has 1 aliphatic rings. The van der Waals surface area contributed by atoms with Crippen molar-refractivity contribution in [2.24, 2.45) is 5.92 Å². The first-order valence-electron chi connectivity index (χ1n) is 4.29. The first-order valence-corrected chi connectivity index (χ1v) is 4.29. The summed E-state index contributed by atoms with van der Waals surface area (Å²) in [6.45, 7) is 6.97. The molecule has 10 heavy (non-hydrogen) atoms. The van der Waals surface area contributed by atoms with Crippen LogP contribution in [-0.4, -0.2) is 12.7 Å². The smallest absolute Gasteiger partial charge is 0.0603 e. The average Bonchev–Trinajstić information content (AvgIpc) is 1.94. The normalized spacial score (nSPS) is 34.2. The highest BCUT2D eigenvalue weighted by molar-refractivity contribution is 4.77. The van der Waals surface area contributed by atoms with Crippen LogP contribution in [0.15, 0.2) is 0 Å². The van der Waals surface area contributed by atoms with Gasteiger partial charge in [0.25, 0.3) is 0 Å². The van der Waals surface area contributed by atoms with Crippen molar-refractivity contribution < 1.29 is 4.74 Å². The first-order chi connectivity index (χ1) is 4.84. The molecule has 1 saturated carbocycles. The van der Waals surface area contributed by atoms with Crippen molar-refractivity contribution in [3.8, 4) is 0 Å². The first kappa shape index (κ1) is 8.06. The van der Waals surface area contributed by atoms with Crippen molar-refractivity contribution in [1.29, 1.82) is 0 Å². The lowest BCUT2D eigenvalue weighted by molar-refractivity contribution is 0.0103. The van der Waals surface area contributed by atoms with Gasteiger partial charge in [0.1, 0.15) is 0 Å². The zero-order valence-electron chi connectivity index (χ0n) is 6.81. The molecular formula is C9H17O. The lowest BCUT2D eigenvalue weighted by Gasteiger charge is -2.27. The third-order valence-corrected chi connectivity index (χ3v) is 2.22. The standard InChI is InChI=1S/C9H17O/c1-3-10-9-7-5-4-6-8(9)2/h8-9H,2-7H2,1H3. The number of rotatable bonds is 2. The van der Waals surface area contributed by atoms with Gasteiger partial charge in [-0.3, -0.25) is 0 Å². The molecule has 1 radical (unpaired) electrons. The Hall–Kier alpha value is -0.0400. The van der Waals surface area contributed by atoms with E-state index in [0.717, 1.165) is 6.61 Å². The number of ether oxygens (including phenoxy) is 1. The molecule has 1 nitrogen and oxygen atoms in total. The quantitative estimate of drug-likeness (QED) is 0.574. The molecule has 1 aliphatic carbocycles. The Kier molecular flexibility index (Phi) is 3.20. The molecule has 0 amide bonds. The van der Waals surface area contributed by atoms with Gasteiger partial charge in [-0.1, -0.05) is 12.8 Å². The molecule has 59 valence electrons. The van der Waals surface area contributed by atoms with E-state index in [2.05, 4.69) is 13.8 Å². The third-order valence-electron chi connectivity index (χ3n) is 2.22. The highest BCUT2D eigenvalue weighted by Gasteiger charge is 2.20. The van der Waals surface area contributed by atoms with E-state index in [-0.39, 0.29) is 0 Å². The zero-order chi connectivity index (χ0) is 7.40. The summed E-state index contributed by atoms with van der Waals surface area (Å²) in [6, 6.07) is 0. The predicted octanol–water partition coefficient (Wildman–Crippen LogP) is 2.42. The van der Waals surface area contributed by atoms with E-state index in [9.17, 15) is 0 Å². The molecule has 2 unspecified atom stereocenters. The van der Waals surface area contributed by atoms with Gasteiger partial charge in [0.2, 0.25) is 0 Å². The summed E-state index contributed by atoms with van der Waals surface area (Å²) in [5, 5.41) is 0. The van der Waals surface area contributed by atoms with Crippen LogP contribution in [0.3, 0.4) is 0 Å². The van der Waals surface area contributed by atoms with Crippen LogP contribution < -0.4 is 0 Å². The molecule has 0 bridgehead atoms. The Labute approximate surface area is 63.8 Å². The van der Waals surface area contributed by atoms with Crippen molar-refractivity contribution in [1.82, 2.24) is 0 Å². The van der Waals surface area contributed by atoms with Crippen molar-refractivity contribution in [2.45, 2.75) is 38.7 Å². The molecule has 1 heteroatoms. The summed E-state index contributed by atoms with van der Waals surface area (Å²) >= 11 is 0. The monoisotopic (exact) mass is 141 g/mol. The van der Waals surface area contributed by atoms with Crippen molar-refractivity contribution in [3.05, 3.63) is 6.92 Å². The summed E-state index contributed by atoms with van der Waals surface area (Å²) in [5.41, 5.74) is 0. The van der Waals surface area contributed by atoms with E-state index >= 15 is 0 Å². The van der Waals surface area contributed by atoms with Gasteiger partial charge >= 0.3 is 0 Å². The summed E-state index contributed by atoms with van der Waals surface area (Å²) in [6.07, 6.45) is 5.61. The number of hydrogen-bond donors (Lipinski definition) is 0. The van der Waals surface area contributed by atoms with Crippen LogP contribution in [0.5, 0.6) is 0 Å². The Morgan fingerprint density at radius 3 is 2.70 bits per heavy atom. The minimum absolute atomic E-state index is 0.457. The third kappa shape index (κ3) is 1.98. The van der Waals surface area contributed by atoms with E-state index in [1.807, 2.05) is 0 Å². The Balaban J connectivity index is 2.25. The highest BCUT2D eigenvalue weighted by atomic mass is 16.5. The lowest BCUT2D eigenvalue weighted by Crippen LogP contribution is -2.25. The summed E-state index contributed by atoms with van der Waals surface area (Å²) in [4.78, 5) is 0. The van der Waals surface area contributed by atoms with Gasteiger partial charge in [-0.25, -0.2) is 0 Å². The van der Waals surface area contributed by atoms with E-state index in [4.69, 9.17) is 4.74 Å². The van der Waals surface area contributed by atoms with Crippen molar-refractivity contribution >= 4 is 0 Å². The molecule has 0 aromatic carbocycles. The van der Waals surface area contributed by atoms with Crippen LogP contribution in [0.4, 0.5) is 0 Å². The highest BCUT2D eigenvalue weighted by Crippen LogP contribution is 2.25. The predicted molar refractivity (Wildman–Crippen MR) is 42.7 cm³/mol. The summed E-state index contributed by atoms with van der Waals surface area (Å²) in [5.74, 6) is 0.550. The van der Waals surface area contributed by atoms with Crippen LogP contribution in [0.1, 0.15) is 32.6 Å². The molecule has 2 atom stereocenters. The van der Waals surface area contributed by atoms with Crippen LogP contribution in [0.25, 0.3) is 0 Å². The van der Waals surface area contributed by atoms with E-state index in [0.29, 0.717) is 12.0 Å². The van der Waals surface area contributed by atoms with Gasteiger partial charge in [-0.15, -0.1) is 0 Å². The Morgan fingerprint density at radius 2 is 2.10 bits per heavy atom. The molecular weight excluding hydrogens is 124 g/mol. The van der Waals surface area contributed by atoms with Gasteiger partial charge in [0.15, 0.2) is 0 Å². The fraction of sp³-hybridized carbons (Fsp3) is 0.889. The maximum atomic E-state index is 5.53. The molecule has 0 N–H and O–H groups in total. The fourth-order valence-corrected chi connectivity index (χ4v) is 1.61. The van der Waals surface area contributed by atoms with Gasteiger partial charge in [-0.2, -0.15) is 0 Å². The maximum Gasteiger partial charge on any atom is 0.0603 e. The fourth-order valence-electron chi connectivity index (χ4n) is 1.61. The van der Waals surface area contributed by atoms with Crippen LogP contribution in [-0.2, 0) is 4.74 Å². The van der Waals surface area contributed by atoms with Crippen LogP contribution in [0, 0.1) is 12.8 Å². The second-order valence-corrected chi connectivity index (χ2v) is 3.04. The second kappa shape index (κ2) is 3.97. The molecule has 0 aromatic rings. The summed E-state index contributed by atoms with van der Waals surface area (Å²) < 4.78 is 5.53. The van der Waals surface area contributed by atoms with Crippen molar-refractivity contribution in [2.75, 3.05) is 6.61 Å². The maximum absolute atomic E-state index is 5.53. The second-order valence-electron chi connectivity index (χ2n) is 3.04. The SMILES string of the molecule is [CH2]C1CCCCC1OCC. The molecule has 0 saturated heterocycles. The van der Waals surface area contributed by atoms with Gasteiger partial charge in [0, 0.05) is 6.61 Å². The Morgan fingerprint density at radius 1 is 1.40 bits per heavy atom. The van der Waals surface area contributed by atoms with Crippen LogP contribution in [0.2, 0.25) is 0 Å². The van der Waals surface area contributed by atoms with Crippen molar-refractivity contribution in [3.63, 3.8) is 0 Å². The molecule has 0 spiro atoms. The molecule has 0 aromatic heterocycles. The largest absolute Gasteiger partial charge is 0.378 e. The topological polar surface area (TPSA) is 9.23 Å². The zero-order valence-corrected chi connectivity index (χ0v) is 6.81.